The molecule has 0 spiro atoms. The molecule has 2 N–H and O–H groups in total. The van der Waals surface area contributed by atoms with E-state index in [0.717, 1.165) is 0 Å². The highest BCUT2D eigenvalue weighted by Gasteiger charge is 2.17. The summed E-state index contributed by atoms with van der Waals surface area (Å²) in [5, 5.41) is 12.6. The standard InChI is InChI=1S/C12H15BrClNO3/c1-12(2,3)18-11(17)15-6-8-9(14)4-7(13)5-10(8)16/h4-5,16H,6H2,1-3H3,(H,15,17). The lowest BCUT2D eigenvalue weighted by atomic mass is 10.2. The number of nitrogens with one attached hydrogen (secondary N) is 1. The maximum Gasteiger partial charge on any atom is 0.407 e. The van der Waals surface area contributed by atoms with E-state index >= 15 is 0 Å². The Morgan fingerprint density at radius 2 is 2.11 bits per heavy atom. The first-order chi connectivity index (χ1) is 8.19. The van der Waals surface area contributed by atoms with E-state index in [0.29, 0.717) is 15.1 Å². The molecule has 0 atom stereocenters. The van der Waals surface area contributed by atoms with Crippen LogP contribution in [0.3, 0.4) is 0 Å². The van der Waals surface area contributed by atoms with Crippen LogP contribution in [-0.2, 0) is 11.3 Å². The second-order valence-corrected chi connectivity index (χ2v) is 6.06. The average Bonchev–Trinajstić information content (AvgIpc) is 2.12. The molecule has 0 saturated carbocycles. The van der Waals surface area contributed by atoms with E-state index in [1.807, 2.05) is 0 Å². The van der Waals surface area contributed by atoms with Crippen LogP contribution in [0.15, 0.2) is 16.6 Å². The Bertz CT molecular complexity index is 434. The lowest BCUT2D eigenvalue weighted by Crippen LogP contribution is -2.32. The zero-order valence-corrected chi connectivity index (χ0v) is 12.7. The third-order valence-electron chi connectivity index (χ3n) is 1.95. The number of phenolic OH excluding ortho intramolecular Hbond substituents is 1. The van der Waals surface area contributed by atoms with E-state index in [9.17, 15) is 9.90 Å². The van der Waals surface area contributed by atoms with Crippen molar-refractivity contribution in [3.63, 3.8) is 0 Å². The number of amides is 1. The third-order valence-corrected chi connectivity index (χ3v) is 2.74. The number of aromatic hydroxyl groups is 1. The Kier molecular flexibility index (Phi) is 4.87. The molecule has 6 heteroatoms. The summed E-state index contributed by atoms with van der Waals surface area (Å²) in [6, 6.07) is 3.16. The Morgan fingerprint density at radius 1 is 1.50 bits per heavy atom. The summed E-state index contributed by atoms with van der Waals surface area (Å²) >= 11 is 9.18. The molecule has 1 rings (SSSR count). The van der Waals surface area contributed by atoms with Gasteiger partial charge in [0.15, 0.2) is 0 Å². The van der Waals surface area contributed by atoms with Crippen molar-refractivity contribution in [1.29, 1.82) is 0 Å². The summed E-state index contributed by atoms with van der Waals surface area (Å²) in [4.78, 5) is 11.5. The molecular weight excluding hydrogens is 321 g/mol. The van der Waals surface area contributed by atoms with Crippen molar-refractivity contribution in [2.45, 2.75) is 32.9 Å². The van der Waals surface area contributed by atoms with E-state index in [-0.39, 0.29) is 12.3 Å². The number of carbonyl (C=O) groups excluding carboxylic acids is 1. The van der Waals surface area contributed by atoms with Crippen molar-refractivity contribution >= 4 is 33.6 Å². The first-order valence-electron chi connectivity index (χ1n) is 5.33. The fraction of sp³-hybridized carbons (Fsp3) is 0.417. The smallest absolute Gasteiger partial charge is 0.407 e. The van der Waals surface area contributed by atoms with Crippen LogP contribution in [0.1, 0.15) is 26.3 Å². The first-order valence-corrected chi connectivity index (χ1v) is 6.50. The maximum absolute atomic E-state index is 11.5. The van der Waals surface area contributed by atoms with Gasteiger partial charge in [0.05, 0.1) is 11.6 Å². The molecule has 0 unspecified atom stereocenters. The predicted molar refractivity (Wildman–Crippen MR) is 73.9 cm³/mol. The van der Waals surface area contributed by atoms with Gasteiger partial charge in [-0.2, -0.15) is 0 Å². The SMILES string of the molecule is CC(C)(C)OC(=O)NCc1c(O)cc(Br)cc1Cl. The highest BCUT2D eigenvalue weighted by atomic mass is 79.9. The number of ether oxygens (including phenoxy) is 1. The maximum atomic E-state index is 11.5. The van der Waals surface area contributed by atoms with Crippen molar-refractivity contribution < 1.29 is 14.6 Å². The van der Waals surface area contributed by atoms with Crippen LogP contribution in [0.5, 0.6) is 5.75 Å². The van der Waals surface area contributed by atoms with E-state index in [4.69, 9.17) is 16.3 Å². The van der Waals surface area contributed by atoms with Crippen LogP contribution in [-0.4, -0.2) is 16.8 Å². The minimum Gasteiger partial charge on any atom is -0.508 e. The lowest BCUT2D eigenvalue weighted by Gasteiger charge is -2.20. The molecule has 0 aliphatic carbocycles. The predicted octanol–water partition coefficient (Wildman–Crippen LogP) is 3.83. The molecule has 0 bridgehead atoms. The van der Waals surface area contributed by atoms with Gasteiger partial charge in [-0.15, -0.1) is 0 Å². The molecule has 0 aliphatic heterocycles. The summed E-state index contributed by atoms with van der Waals surface area (Å²) < 4.78 is 5.75. The summed E-state index contributed by atoms with van der Waals surface area (Å²) in [7, 11) is 0. The van der Waals surface area contributed by atoms with Crippen molar-refractivity contribution in [3.05, 3.63) is 27.2 Å². The Balaban J connectivity index is 2.67. The summed E-state index contributed by atoms with van der Waals surface area (Å²) in [6.45, 7) is 5.43. The molecule has 1 aromatic rings. The van der Waals surface area contributed by atoms with Gasteiger partial charge in [-0.1, -0.05) is 27.5 Å². The third kappa shape index (κ3) is 4.74. The van der Waals surface area contributed by atoms with Gasteiger partial charge < -0.3 is 15.2 Å². The van der Waals surface area contributed by atoms with E-state index in [2.05, 4.69) is 21.2 Å². The first kappa shape index (κ1) is 15.1. The highest BCUT2D eigenvalue weighted by Crippen LogP contribution is 2.30. The van der Waals surface area contributed by atoms with Gasteiger partial charge in [0.2, 0.25) is 0 Å². The zero-order valence-electron chi connectivity index (χ0n) is 10.4. The molecule has 18 heavy (non-hydrogen) atoms. The molecule has 0 saturated heterocycles. The van der Waals surface area contributed by atoms with Crippen LogP contribution < -0.4 is 5.32 Å². The minimum absolute atomic E-state index is 0.0189. The van der Waals surface area contributed by atoms with Crippen LogP contribution in [0.4, 0.5) is 4.79 Å². The van der Waals surface area contributed by atoms with E-state index < -0.39 is 11.7 Å². The van der Waals surface area contributed by atoms with Gasteiger partial charge in [-0.3, -0.25) is 0 Å². The Morgan fingerprint density at radius 3 is 2.61 bits per heavy atom. The molecule has 0 heterocycles. The van der Waals surface area contributed by atoms with Gasteiger partial charge in [-0.05, 0) is 32.9 Å². The van der Waals surface area contributed by atoms with Crippen molar-refractivity contribution in [2.75, 3.05) is 0 Å². The minimum atomic E-state index is -0.560. The fourth-order valence-electron chi connectivity index (χ4n) is 1.24. The Labute approximate surface area is 119 Å². The molecule has 0 aliphatic rings. The zero-order chi connectivity index (χ0) is 13.9. The molecular formula is C12H15BrClNO3. The van der Waals surface area contributed by atoms with Gasteiger partial charge in [-0.25, -0.2) is 4.79 Å². The average molecular weight is 337 g/mol. The molecule has 4 nitrogen and oxygen atoms in total. The number of rotatable bonds is 2. The summed E-state index contributed by atoms with van der Waals surface area (Å²) in [5.74, 6) is 0.0189. The second-order valence-electron chi connectivity index (χ2n) is 4.74. The monoisotopic (exact) mass is 335 g/mol. The van der Waals surface area contributed by atoms with Gasteiger partial charge >= 0.3 is 6.09 Å². The Hall–Kier alpha value is -0.940. The number of hydrogen-bond donors (Lipinski definition) is 2. The largest absolute Gasteiger partial charge is 0.508 e. The molecule has 0 fully saturated rings. The lowest BCUT2D eigenvalue weighted by molar-refractivity contribution is 0.0523. The normalized spacial score (nSPS) is 11.2. The van der Waals surface area contributed by atoms with Gasteiger partial charge in [0.25, 0.3) is 0 Å². The van der Waals surface area contributed by atoms with Gasteiger partial charge in [0, 0.05) is 10.0 Å². The topological polar surface area (TPSA) is 58.6 Å². The van der Waals surface area contributed by atoms with Crippen molar-refractivity contribution in [2.24, 2.45) is 0 Å². The fourth-order valence-corrected chi connectivity index (χ4v) is 2.10. The van der Waals surface area contributed by atoms with E-state index in [1.54, 1.807) is 26.8 Å². The van der Waals surface area contributed by atoms with Crippen LogP contribution in [0, 0.1) is 0 Å². The molecule has 0 radical (unpaired) electrons. The highest BCUT2D eigenvalue weighted by molar-refractivity contribution is 9.10. The molecule has 100 valence electrons. The summed E-state index contributed by atoms with van der Waals surface area (Å²) in [5.41, 5.74) is -0.110. The molecule has 1 aromatic carbocycles. The number of alkyl carbamates (subject to hydrolysis) is 1. The van der Waals surface area contributed by atoms with Crippen LogP contribution >= 0.6 is 27.5 Å². The van der Waals surface area contributed by atoms with Crippen molar-refractivity contribution in [3.8, 4) is 5.75 Å². The van der Waals surface area contributed by atoms with Crippen LogP contribution in [0.25, 0.3) is 0 Å². The second kappa shape index (κ2) is 5.80. The molecule has 1 amide bonds. The number of benzene rings is 1. The molecule has 0 aromatic heterocycles. The number of phenols is 1. The number of hydrogen-bond acceptors (Lipinski definition) is 3. The van der Waals surface area contributed by atoms with E-state index in [1.165, 1.54) is 6.07 Å². The quantitative estimate of drug-likeness (QED) is 0.863. The van der Waals surface area contributed by atoms with Gasteiger partial charge in [0.1, 0.15) is 11.4 Å². The number of halogens is 2. The summed E-state index contributed by atoms with van der Waals surface area (Å²) in [6.07, 6.45) is -0.555. The van der Waals surface area contributed by atoms with Crippen LogP contribution in [0.2, 0.25) is 5.02 Å². The van der Waals surface area contributed by atoms with Crippen molar-refractivity contribution in [1.82, 2.24) is 5.32 Å². The number of carbonyl (C=O) groups is 1.